The maximum atomic E-state index is 13.7. The summed E-state index contributed by atoms with van der Waals surface area (Å²) in [6, 6.07) is 16.3. The summed E-state index contributed by atoms with van der Waals surface area (Å²) in [5.74, 6) is -0.135. The van der Waals surface area contributed by atoms with Gasteiger partial charge in [0.1, 0.15) is 5.82 Å². The number of hydrogen-bond acceptors (Lipinski definition) is 1. The third kappa shape index (κ3) is 3.45. The van der Waals surface area contributed by atoms with Gasteiger partial charge in [0.05, 0.1) is 0 Å². The van der Waals surface area contributed by atoms with Crippen LogP contribution in [0.15, 0.2) is 48.5 Å². The lowest BCUT2D eigenvalue weighted by Crippen LogP contribution is -2.24. The summed E-state index contributed by atoms with van der Waals surface area (Å²) < 4.78 is 13.7. The van der Waals surface area contributed by atoms with Crippen LogP contribution in [0.2, 0.25) is 0 Å². The van der Waals surface area contributed by atoms with Gasteiger partial charge in [0, 0.05) is 12.1 Å². The zero-order valence-electron chi connectivity index (χ0n) is 12.4. The molecule has 1 nitrogen and oxygen atoms in total. The largest absolute Gasteiger partial charge is 0.303 e. The number of aryl methyl sites for hydroxylation is 1. The Balaban J connectivity index is 2.13. The van der Waals surface area contributed by atoms with E-state index < -0.39 is 0 Å². The molecule has 0 aliphatic carbocycles. The zero-order chi connectivity index (χ0) is 14.5. The van der Waals surface area contributed by atoms with E-state index in [1.807, 2.05) is 18.2 Å². The van der Waals surface area contributed by atoms with E-state index in [2.05, 4.69) is 43.4 Å². The molecule has 0 aliphatic rings. The van der Waals surface area contributed by atoms with Crippen LogP contribution in [0.1, 0.15) is 49.0 Å². The van der Waals surface area contributed by atoms with Gasteiger partial charge in [0.25, 0.3) is 0 Å². The minimum atomic E-state index is -0.135. The monoisotopic (exact) mass is 271 g/mol. The molecule has 0 heterocycles. The fraction of sp³-hybridized carbons (Fsp3) is 0.333. The van der Waals surface area contributed by atoms with Crippen molar-refractivity contribution < 1.29 is 4.39 Å². The number of hydrogen-bond donors (Lipinski definition) is 1. The predicted octanol–water partition coefficient (Wildman–Crippen LogP) is 4.94. The van der Waals surface area contributed by atoms with E-state index in [4.69, 9.17) is 0 Å². The molecule has 2 atom stereocenters. The molecule has 0 fully saturated rings. The SMILES string of the molecule is CCC(NC(C)c1ccc(C)c(F)c1)c1ccccc1. The molecule has 2 aromatic rings. The van der Waals surface area contributed by atoms with Crippen molar-refractivity contribution in [1.82, 2.24) is 5.32 Å². The van der Waals surface area contributed by atoms with Gasteiger partial charge >= 0.3 is 0 Å². The molecule has 2 rings (SSSR count). The molecule has 0 radical (unpaired) electrons. The van der Waals surface area contributed by atoms with Crippen LogP contribution < -0.4 is 5.32 Å². The summed E-state index contributed by atoms with van der Waals surface area (Å²) >= 11 is 0. The van der Waals surface area contributed by atoms with Crippen LogP contribution in [0.4, 0.5) is 4.39 Å². The van der Waals surface area contributed by atoms with Gasteiger partial charge in [-0.25, -0.2) is 4.39 Å². The van der Waals surface area contributed by atoms with E-state index in [1.54, 1.807) is 13.0 Å². The Labute approximate surface area is 120 Å². The first kappa shape index (κ1) is 14.7. The van der Waals surface area contributed by atoms with E-state index in [-0.39, 0.29) is 17.9 Å². The van der Waals surface area contributed by atoms with E-state index >= 15 is 0 Å². The van der Waals surface area contributed by atoms with Gasteiger partial charge in [-0.05, 0) is 43.0 Å². The van der Waals surface area contributed by atoms with Gasteiger partial charge in [0.2, 0.25) is 0 Å². The Bertz CT molecular complexity index is 551. The Hall–Kier alpha value is -1.67. The molecule has 0 bridgehead atoms. The third-order valence-corrected chi connectivity index (χ3v) is 3.76. The van der Waals surface area contributed by atoms with Crippen molar-refractivity contribution in [2.24, 2.45) is 0 Å². The first-order valence-corrected chi connectivity index (χ1v) is 7.19. The van der Waals surface area contributed by atoms with Gasteiger partial charge in [-0.1, -0.05) is 49.4 Å². The summed E-state index contributed by atoms with van der Waals surface area (Å²) in [5, 5.41) is 3.58. The zero-order valence-corrected chi connectivity index (χ0v) is 12.4. The average molecular weight is 271 g/mol. The second-order valence-corrected chi connectivity index (χ2v) is 5.27. The summed E-state index contributed by atoms with van der Waals surface area (Å²) in [7, 11) is 0. The van der Waals surface area contributed by atoms with Crippen LogP contribution in [0, 0.1) is 12.7 Å². The van der Waals surface area contributed by atoms with Crippen molar-refractivity contribution in [1.29, 1.82) is 0 Å². The molecule has 1 N–H and O–H groups in total. The van der Waals surface area contributed by atoms with Gasteiger partial charge < -0.3 is 5.32 Å². The van der Waals surface area contributed by atoms with Crippen LogP contribution in [-0.2, 0) is 0 Å². The molecule has 0 aromatic heterocycles. The Morgan fingerprint density at radius 3 is 2.35 bits per heavy atom. The first-order valence-electron chi connectivity index (χ1n) is 7.19. The number of halogens is 1. The van der Waals surface area contributed by atoms with Gasteiger partial charge in [-0.2, -0.15) is 0 Å². The normalized spacial score (nSPS) is 14.0. The lowest BCUT2D eigenvalue weighted by Gasteiger charge is -2.23. The highest BCUT2D eigenvalue weighted by Crippen LogP contribution is 2.23. The van der Waals surface area contributed by atoms with Crippen LogP contribution in [-0.4, -0.2) is 0 Å². The number of benzene rings is 2. The molecule has 0 spiro atoms. The van der Waals surface area contributed by atoms with Crippen molar-refractivity contribution in [3.63, 3.8) is 0 Å². The molecule has 2 heteroatoms. The molecular formula is C18H22FN. The maximum Gasteiger partial charge on any atom is 0.126 e. The molecular weight excluding hydrogens is 249 g/mol. The molecule has 20 heavy (non-hydrogen) atoms. The lowest BCUT2D eigenvalue weighted by atomic mass is 10.0. The summed E-state index contributed by atoms with van der Waals surface area (Å²) in [4.78, 5) is 0. The standard InChI is InChI=1S/C18H22FN/c1-4-18(15-8-6-5-7-9-15)20-14(3)16-11-10-13(2)17(19)12-16/h5-12,14,18,20H,4H2,1-3H3. The first-order chi connectivity index (χ1) is 9.61. The Kier molecular flexibility index (Phi) is 4.91. The Morgan fingerprint density at radius 1 is 1.05 bits per heavy atom. The van der Waals surface area contributed by atoms with Crippen LogP contribution >= 0.6 is 0 Å². The van der Waals surface area contributed by atoms with Gasteiger partial charge in [-0.3, -0.25) is 0 Å². The maximum absolute atomic E-state index is 13.7. The van der Waals surface area contributed by atoms with E-state index in [1.165, 1.54) is 5.56 Å². The van der Waals surface area contributed by atoms with Gasteiger partial charge in [0.15, 0.2) is 0 Å². The van der Waals surface area contributed by atoms with Gasteiger partial charge in [-0.15, -0.1) is 0 Å². The van der Waals surface area contributed by atoms with Crippen molar-refractivity contribution in [3.8, 4) is 0 Å². The van der Waals surface area contributed by atoms with Crippen molar-refractivity contribution in [2.45, 2.75) is 39.3 Å². The minimum Gasteiger partial charge on any atom is -0.303 e. The van der Waals surface area contributed by atoms with Crippen LogP contribution in [0.5, 0.6) is 0 Å². The second-order valence-electron chi connectivity index (χ2n) is 5.27. The van der Waals surface area contributed by atoms with Crippen LogP contribution in [0.3, 0.4) is 0 Å². The van der Waals surface area contributed by atoms with E-state index in [9.17, 15) is 4.39 Å². The summed E-state index contributed by atoms with van der Waals surface area (Å²) in [6.45, 7) is 6.03. The highest BCUT2D eigenvalue weighted by molar-refractivity contribution is 5.26. The molecule has 2 aromatic carbocycles. The fourth-order valence-electron chi connectivity index (χ4n) is 2.41. The average Bonchev–Trinajstić information content (AvgIpc) is 2.48. The molecule has 0 saturated carbocycles. The van der Waals surface area contributed by atoms with Crippen molar-refractivity contribution >= 4 is 0 Å². The molecule has 106 valence electrons. The highest BCUT2D eigenvalue weighted by Gasteiger charge is 2.14. The Morgan fingerprint density at radius 2 is 1.75 bits per heavy atom. The highest BCUT2D eigenvalue weighted by atomic mass is 19.1. The molecule has 0 amide bonds. The van der Waals surface area contributed by atoms with E-state index in [0.29, 0.717) is 5.56 Å². The summed E-state index contributed by atoms with van der Waals surface area (Å²) in [5.41, 5.74) is 2.95. The van der Waals surface area contributed by atoms with Crippen molar-refractivity contribution in [2.75, 3.05) is 0 Å². The third-order valence-electron chi connectivity index (χ3n) is 3.76. The topological polar surface area (TPSA) is 12.0 Å². The molecule has 2 unspecified atom stereocenters. The lowest BCUT2D eigenvalue weighted by molar-refractivity contribution is 0.454. The fourth-order valence-corrected chi connectivity index (χ4v) is 2.41. The van der Waals surface area contributed by atoms with E-state index in [0.717, 1.165) is 12.0 Å². The molecule has 0 aliphatic heterocycles. The number of nitrogens with one attached hydrogen (secondary N) is 1. The number of rotatable bonds is 5. The smallest absolute Gasteiger partial charge is 0.126 e. The van der Waals surface area contributed by atoms with Crippen molar-refractivity contribution in [3.05, 3.63) is 71.0 Å². The quantitative estimate of drug-likeness (QED) is 0.812. The predicted molar refractivity (Wildman–Crippen MR) is 82.2 cm³/mol. The van der Waals surface area contributed by atoms with Crippen LogP contribution in [0.25, 0.3) is 0 Å². The minimum absolute atomic E-state index is 0.121. The molecule has 0 saturated heterocycles. The summed E-state index contributed by atoms with van der Waals surface area (Å²) in [6.07, 6.45) is 1.00. The second kappa shape index (κ2) is 6.67.